The van der Waals surface area contributed by atoms with Crippen LogP contribution in [0.1, 0.15) is 31.2 Å². The van der Waals surface area contributed by atoms with Gasteiger partial charge in [0.15, 0.2) is 0 Å². The van der Waals surface area contributed by atoms with E-state index in [1.54, 1.807) is 11.3 Å². The van der Waals surface area contributed by atoms with Crippen molar-refractivity contribution in [2.75, 3.05) is 26.3 Å². The summed E-state index contributed by atoms with van der Waals surface area (Å²) in [5, 5.41) is 5.52. The molecule has 1 saturated heterocycles. The predicted octanol–water partition coefficient (Wildman–Crippen LogP) is 2.04. The van der Waals surface area contributed by atoms with Crippen LogP contribution in [-0.4, -0.2) is 43.2 Å². The highest BCUT2D eigenvalue weighted by molar-refractivity contribution is 7.10. The second-order valence-corrected chi connectivity index (χ2v) is 5.78. The standard InChI is InChI=1S/C14H22N2O2S/c1-3-12(13-5-4-10-19-13)15-11(2)14(17)16-6-8-18-9-7-16/h4-5,10-12,15H,3,6-9H2,1-2H3. The molecular weight excluding hydrogens is 260 g/mol. The maximum absolute atomic E-state index is 12.3. The molecule has 1 aliphatic rings. The highest BCUT2D eigenvalue weighted by Gasteiger charge is 2.24. The average Bonchev–Trinajstić information content (AvgIpc) is 2.98. The molecule has 1 aromatic heterocycles. The number of morpholine rings is 1. The van der Waals surface area contributed by atoms with Gasteiger partial charge in [-0.2, -0.15) is 0 Å². The quantitative estimate of drug-likeness (QED) is 0.898. The Bertz CT molecular complexity index is 388. The van der Waals surface area contributed by atoms with Crippen molar-refractivity contribution < 1.29 is 9.53 Å². The molecule has 0 aromatic carbocycles. The van der Waals surface area contributed by atoms with Crippen molar-refractivity contribution in [2.24, 2.45) is 0 Å². The summed E-state index contributed by atoms with van der Waals surface area (Å²) >= 11 is 1.74. The Morgan fingerprint density at radius 2 is 2.26 bits per heavy atom. The Labute approximate surface area is 118 Å². The molecule has 1 N–H and O–H groups in total. The molecule has 1 aliphatic heterocycles. The van der Waals surface area contributed by atoms with Crippen LogP contribution in [0.25, 0.3) is 0 Å². The first-order valence-electron chi connectivity index (χ1n) is 6.88. The minimum Gasteiger partial charge on any atom is -0.378 e. The first kappa shape index (κ1) is 14.5. The largest absolute Gasteiger partial charge is 0.378 e. The highest BCUT2D eigenvalue weighted by Crippen LogP contribution is 2.22. The molecule has 0 radical (unpaired) electrons. The van der Waals surface area contributed by atoms with Crippen molar-refractivity contribution in [3.63, 3.8) is 0 Å². The fourth-order valence-electron chi connectivity index (χ4n) is 2.32. The molecule has 1 fully saturated rings. The number of ether oxygens (including phenoxy) is 1. The maximum atomic E-state index is 12.3. The maximum Gasteiger partial charge on any atom is 0.239 e. The lowest BCUT2D eigenvalue weighted by molar-refractivity contribution is -0.137. The number of nitrogens with one attached hydrogen (secondary N) is 1. The van der Waals surface area contributed by atoms with E-state index in [1.165, 1.54) is 4.88 Å². The number of carbonyl (C=O) groups is 1. The number of amides is 1. The average molecular weight is 282 g/mol. The first-order chi connectivity index (χ1) is 9.22. The van der Waals surface area contributed by atoms with Gasteiger partial charge in [-0.15, -0.1) is 11.3 Å². The van der Waals surface area contributed by atoms with E-state index < -0.39 is 0 Å². The molecule has 106 valence electrons. The van der Waals surface area contributed by atoms with Crippen LogP contribution in [0, 0.1) is 0 Å². The zero-order valence-electron chi connectivity index (χ0n) is 11.6. The van der Waals surface area contributed by atoms with Crippen molar-refractivity contribution in [1.82, 2.24) is 10.2 Å². The summed E-state index contributed by atoms with van der Waals surface area (Å²) in [6, 6.07) is 4.29. The van der Waals surface area contributed by atoms with Crippen LogP contribution in [0.2, 0.25) is 0 Å². The zero-order valence-corrected chi connectivity index (χ0v) is 12.4. The lowest BCUT2D eigenvalue weighted by Gasteiger charge is -2.31. The molecule has 2 heterocycles. The summed E-state index contributed by atoms with van der Waals surface area (Å²) in [5.41, 5.74) is 0. The summed E-state index contributed by atoms with van der Waals surface area (Å²) in [6.45, 7) is 6.82. The molecule has 1 aromatic rings. The van der Waals surface area contributed by atoms with Crippen molar-refractivity contribution in [3.05, 3.63) is 22.4 Å². The third kappa shape index (κ3) is 3.78. The first-order valence-corrected chi connectivity index (χ1v) is 7.76. The Kier molecular flexibility index (Phi) is 5.36. The molecule has 0 bridgehead atoms. The molecule has 19 heavy (non-hydrogen) atoms. The highest BCUT2D eigenvalue weighted by atomic mass is 32.1. The van der Waals surface area contributed by atoms with E-state index in [9.17, 15) is 4.79 Å². The molecule has 0 aliphatic carbocycles. The summed E-state index contributed by atoms with van der Waals surface area (Å²) in [5.74, 6) is 0.179. The topological polar surface area (TPSA) is 41.6 Å². The van der Waals surface area contributed by atoms with Crippen LogP contribution in [0.5, 0.6) is 0 Å². The lowest BCUT2D eigenvalue weighted by atomic mass is 10.1. The summed E-state index contributed by atoms with van der Waals surface area (Å²) < 4.78 is 5.28. The Morgan fingerprint density at radius 3 is 2.84 bits per heavy atom. The molecule has 0 saturated carbocycles. The molecule has 5 heteroatoms. The van der Waals surface area contributed by atoms with Gasteiger partial charge in [0, 0.05) is 24.0 Å². The molecule has 2 unspecified atom stereocenters. The van der Waals surface area contributed by atoms with Gasteiger partial charge in [0.1, 0.15) is 0 Å². The van der Waals surface area contributed by atoms with Gasteiger partial charge in [0.05, 0.1) is 19.3 Å². The van der Waals surface area contributed by atoms with E-state index in [-0.39, 0.29) is 18.0 Å². The predicted molar refractivity (Wildman–Crippen MR) is 77.3 cm³/mol. The van der Waals surface area contributed by atoms with Gasteiger partial charge in [0.25, 0.3) is 0 Å². The minimum atomic E-state index is -0.148. The second kappa shape index (κ2) is 7.03. The SMILES string of the molecule is CCC(NC(C)C(=O)N1CCOCC1)c1cccs1. The third-order valence-corrected chi connectivity index (χ3v) is 4.43. The summed E-state index contributed by atoms with van der Waals surface area (Å²) in [7, 11) is 0. The van der Waals surface area contributed by atoms with Crippen LogP contribution in [0.3, 0.4) is 0 Å². The van der Waals surface area contributed by atoms with E-state index >= 15 is 0 Å². The number of thiophene rings is 1. The Hall–Kier alpha value is -0.910. The third-order valence-electron chi connectivity index (χ3n) is 3.44. The number of nitrogens with zero attached hydrogens (tertiary/aromatic N) is 1. The molecule has 2 atom stereocenters. The van der Waals surface area contributed by atoms with Crippen molar-refractivity contribution in [2.45, 2.75) is 32.4 Å². The van der Waals surface area contributed by atoms with Gasteiger partial charge in [-0.1, -0.05) is 13.0 Å². The number of carbonyl (C=O) groups excluding carboxylic acids is 1. The summed E-state index contributed by atoms with van der Waals surface area (Å²) in [4.78, 5) is 15.5. The smallest absolute Gasteiger partial charge is 0.239 e. The number of rotatable bonds is 5. The van der Waals surface area contributed by atoms with Crippen molar-refractivity contribution in [1.29, 1.82) is 0 Å². The Balaban J connectivity index is 1.91. The van der Waals surface area contributed by atoms with Gasteiger partial charge in [-0.25, -0.2) is 0 Å². The van der Waals surface area contributed by atoms with E-state index in [0.717, 1.165) is 6.42 Å². The Morgan fingerprint density at radius 1 is 1.53 bits per heavy atom. The van der Waals surface area contributed by atoms with Crippen LogP contribution in [0.15, 0.2) is 17.5 Å². The molecule has 1 amide bonds. The van der Waals surface area contributed by atoms with Gasteiger partial charge in [0.2, 0.25) is 5.91 Å². The molecular formula is C14H22N2O2S. The van der Waals surface area contributed by atoms with E-state index in [4.69, 9.17) is 4.74 Å². The van der Waals surface area contributed by atoms with E-state index in [0.29, 0.717) is 26.3 Å². The van der Waals surface area contributed by atoms with Crippen molar-refractivity contribution in [3.8, 4) is 0 Å². The fraction of sp³-hybridized carbons (Fsp3) is 0.643. The fourth-order valence-corrected chi connectivity index (χ4v) is 3.19. The van der Waals surface area contributed by atoms with Crippen molar-refractivity contribution >= 4 is 17.2 Å². The van der Waals surface area contributed by atoms with Crippen LogP contribution in [-0.2, 0) is 9.53 Å². The van der Waals surface area contributed by atoms with E-state index in [1.807, 2.05) is 11.8 Å². The molecule has 4 nitrogen and oxygen atoms in total. The zero-order chi connectivity index (χ0) is 13.7. The second-order valence-electron chi connectivity index (χ2n) is 4.80. The number of hydrogen-bond donors (Lipinski definition) is 1. The van der Waals surface area contributed by atoms with Crippen LogP contribution < -0.4 is 5.32 Å². The van der Waals surface area contributed by atoms with Crippen LogP contribution in [0.4, 0.5) is 0 Å². The number of hydrogen-bond acceptors (Lipinski definition) is 4. The minimum absolute atomic E-state index is 0.148. The van der Waals surface area contributed by atoms with Crippen LogP contribution >= 0.6 is 11.3 Å². The van der Waals surface area contributed by atoms with Gasteiger partial charge < -0.3 is 9.64 Å². The summed E-state index contributed by atoms with van der Waals surface area (Å²) in [6.07, 6.45) is 0.987. The lowest BCUT2D eigenvalue weighted by Crippen LogP contribution is -2.49. The van der Waals surface area contributed by atoms with E-state index in [2.05, 4.69) is 29.8 Å². The van der Waals surface area contributed by atoms with Gasteiger partial charge >= 0.3 is 0 Å². The molecule has 0 spiro atoms. The normalized spacial score (nSPS) is 19.2. The van der Waals surface area contributed by atoms with Gasteiger partial charge in [-0.3, -0.25) is 10.1 Å². The monoisotopic (exact) mass is 282 g/mol. The van der Waals surface area contributed by atoms with Gasteiger partial charge in [-0.05, 0) is 24.8 Å². The molecule has 2 rings (SSSR count).